The first-order valence-electron chi connectivity index (χ1n) is 6.83. The van der Waals surface area contributed by atoms with E-state index in [9.17, 15) is 0 Å². The molecule has 1 aliphatic carbocycles. The molecule has 2 unspecified atom stereocenters. The first-order chi connectivity index (χ1) is 9.22. The number of halogens is 1. The molecule has 3 nitrogen and oxygen atoms in total. The van der Waals surface area contributed by atoms with E-state index in [0.29, 0.717) is 11.8 Å². The Labute approximate surface area is 123 Å². The van der Waals surface area contributed by atoms with E-state index >= 15 is 0 Å². The maximum atomic E-state index is 5.94. The van der Waals surface area contributed by atoms with Gasteiger partial charge >= 0.3 is 0 Å². The summed E-state index contributed by atoms with van der Waals surface area (Å²) in [5.41, 5.74) is 7.19. The van der Waals surface area contributed by atoms with Crippen LogP contribution in [0, 0.1) is 5.92 Å². The Morgan fingerprint density at radius 2 is 1.95 bits per heavy atom. The number of benzene rings is 1. The van der Waals surface area contributed by atoms with Gasteiger partial charge in [0, 0.05) is 0 Å². The summed E-state index contributed by atoms with van der Waals surface area (Å²) in [5, 5.41) is 0. The van der Waals surface area contributed by atoms with E-state index in [2.05, 4.69) is 22.0 Å². The summed E-state index contributed by atoms with van der Waals surface area (Å²) in [6.45, 7) is 0.747. The predicted molar refractivity (Wildman–Crippen MR) is 81.0 cm³/mol. The maximum Gasteiger partial charge on any atom is 0.140 e. The van der Waals surface area contributed by atoms with E-state index in [-0.39, 0.29) is 0 Å². The van der Waals surface area contributed by atoms with Gasteiger partial charge in [-0.2, -0.15) is 0 Å². The van der Waals surface area contributed by atoms with Crippen molar-refractivity contribution < 1.29 is 9.47 Å². The second-order valence-electron chi connectivity index (χ2n) is 5.09. The van der Waals surface area contributed by atoms with Gasteiger partial charge in [-0.1, -0.05) is 18.9 Å². The Balaban J connectivity index is 2.40. The summed E-state index contributed by atoms with van der Waals surface area (Å²) in [5.74, 6) is 2.75. The lowest BCUT2D eigenvalue weighted by molar-refractivity contribution is 0.302. The molecule has 0 saturated heterocycles. The van der Waals surface area contributed by atoms with Gasteiger partial charge in [0.05, 0.1) is 14.2 Å². The standard InChI is InChI=1S/C15H22BrNO2/c1-18-13-8-7-12(15(19-2)14(13)16)11-6-4-3-5-10(11)9-17/h7-8,10-11H,3-6,9,17H2,1-2H3. The molecule has 2 atom stereocenters. The van der Waals surface area contributed by atoms with Crippen LogP contribution in [-0.4, -0.2) is 20.8 Å². The second-order valence-corrected chi connectivity index (χ2v) is 5.88. The molecule has 0 spiro atoms. The molecule has 0 radical (unpaired) electrons. The molecule has 1 aromatic rings. The quantitative estimate of drug-likeness (QED) is 0.917. The van der Waals surface area contributed by atoms with Crippen molar-refractivity contribution in [3.8, 4) is 11.5 Å². The Morgan fingerprint density at radius 1 is 1.21 bits per heavy atom. The van der Waals surface area contributed by atoms with Crippen LogP contribution in [0.2, 0.25) is 0 Å². The summed E-state index contributed by atoms with van der Waals surface area (Å²) >= 11 is 3.58. The summed E-state index contributed by atoms with van der Waals surface area (Å²) in [6.07, 6.45) is 4.97. The van der Waals surface area contributed by atoms with Crippen LogP contribution in [0.5, 0.6) is 11.5 Å². The minimum absolute atomic E-state index is 0.496. The van der Waals surface area contributed by atoms with Crippen molar-refractivity contribution in [1.82, 2.24) is 0 Å². The number of ether oxygens (including phenoxy) is 2. The molecule has 0 aliphatic heterocycles. The smallest absolute Gasteiger partial charge is 0.140 e. The fourth-order valence-electron chi connectivity index (χ4n) is 3.11. The fourth-order valence-corrected chi connectivity index (χ4v) is 3.79. The SMILES string of the molecule is COc1ccc(C2CCCCC2CN)c(OC)c1Br. The maximum absolute atomic E-state index is 5.94. The number of nitrogens with two attached hydrogens (primary N) is 1. The lowest BCUT2D eigenvalue weighted by atomic mass is 9.75. The highest BCUT2D eigenvalue weighted by Gasteiger charge is 2.29. The van der Waals surface area contributed by atoms with Gasteiger partial charge in [-0.25, -0.2) is 0 Å². The van der Waals surface area contributed by atoms with Crippen LogP contribution >= 0.6 is 15.9 Å². The van der Waals surface area contributed by atoms with Crippen molar-refractivity contribution in [3.63, 3.8) is 0 Å². The highest BCUT2D eigenvalue weighted by molar-refractivity contribution is 9.10. The molecule has 1 aromatic carbocycles. The Bertz CT molecular complexity index is 436. The van der Waals surface area contributed by atoms with Crippen LogP contribution in [0.4, 0.5) is 0 Å². The van der Waals surface area contributed by atoms with Gasteiger partial charge in [0.2, 0.25) is 0 Å². The molecule has 0 amide bonds. The lowest BCUT2D eigenvalue weighted by Gasteiger charge is -2.32. The minimum atomic E-state index is 0.496. The molecule has 106 valence electrons. The van der Waals surface area contributed by atoms with Crippen molar-refractivity contribution >= 4 is 15.9 Å². The molecule has 0 bridgehead atoms. The van der Waals surface area contributed by atoms with Crippen molar-refractivity contribution in [2.24, 2.45) is 11.7 Å². The Morgan fingerprint density at radius 3 is 2.58 bits per heavy atom. The molecule has 2 N–H and O–H groups in total. The van der Waals surface area contributed by atoms with Gasteiger partial charge in [0.25, 0.3) is 0 Å². The number of hydrogen-bond donors (Lipinski definition) is 1. The predicted octanol–water partition coefficient (Wildman–Crippen LogP) is 3.70. The molecule has 2 rings (SSSR count). The van der Waals surface area contributed by atoms with Crippen molar-refractivity contribution in [2.45, 2.75) is 31.6 Å². The van der Waals surface area contributed by atoms with E-state index in [1.807, 2.05) is 6.07 Å². The van der Waals surface area contributed by atoms with Crippen molar-refractivity contribution in [1.29, 1.82) is 0 Å². The molecule has 1 aliphatic rings. The average Bonchev–Trinajstić information content (AvgIpc) is 2.46. The molecule has 0 heterocycles. The van der Waals surface area contributed by atoms with E-state index in [1.165, 1.54) is 31.2 Å². The fraction of sp³-hybridized carbons (Fsp3) is 0.600. The van der Waals surface area contributed by atoms with Gasteiger partial charge in [0.15, 0.2) is 0 Å². The number of methoxy groups -OCH3 is 2. The Hall–Kier alpha value is -0.740. The third-order valence-corrected chi connectivity index (χ3v) is 4.88. The van der Waals surface area contributed by atoms with Gasteiger partial charge in [-0.15, -0.1) is 0 Å². The number of hydrogen-bond acceptors (Lipinski definition) is 3. The third kappa shape index (κ3) is 2.90. The van der Waals surface area contributed by atoms with Crippen LogP contribution in [-0.2, 0) is 0 Å². The summed E-state index contributed by atoms with van der Waals surface area (Å²) in [7, 11) is 3.38. The molecule has 19 heavy (non-hydrogen) atoms. The lowest BCUT2D eigenvalue weighted by Crippen LogP contribution is -2.25. The van der Waals surface area contributed by atoms with Crippen LogP contribution in [0.25, 0.3) is 0 Å². The van der Waals surface area contributed by atoms with E-state index < -0.39 is 0 Å². The molecule has 0 aromatic heterocycles. The second kappa shape index (κ2) is 6.62. The molecule has 1 fully saturated rings. The van der Waals surface area contributed by atoms with Crippen molar-refractivity contribution in [3.05, 3.63) is 22.2 Å². The van der Waals surface area contributed by atoms with Gasteiger partial charge in [-0.3, -0.25) is 0 Å². The molecular formula is C15H22BrNO2. The third-order valence-electron chi connectivity index (χ3n) is 4.13. The average molecular weight is 328 g/mol. The van der Waals surface area contributed by atoms with E-state index in [4.69, 9.17) is 15.2 Å². The normalized spacial score (nSPS) is 23.2. The zero-order chi connectivity index (χ0) is 13.8. The monoisotopic (exact) mass is 327 g/mol. The minimum Gasteiger partial charge on any atom is -0.495 e. The highest BCUT2D eigenvalue weighted by Crippen LogP contribution is 2.46. The van der Waals surface area contributed by atoms with Crippen molar-refractivity contribution in [2.75, 3.05) is 20.8 Å². The van der Waals surface area contributed by atoms with E-state index in [0.717, 1.165) is 22.5 Å². The topological polar surface area (TPSA) is 44.5 Å². The van der Waals surface area contributed by atoms with Gasteiger partial charge in [-0.05, 0) is 58.8 Å². The van der Waals surface area contributed by atoms with Gasteiger partial charge in [0.1, 0.15) is 16.0 Å². The van der Waals surface area contributed by atoms with Crippen LogP contribution in [0.3, 0.4) is 0 Å². The zero-order valence-corrected chi connectivity index (χ0v) is 13.2. The summed E-state index contributed by atoms with van der Waals surface area (Å²) < 4.78 is 11.8. The van der Waals surface area contributed by atoms with Crippen LogP contribution < -0.4 is 15.2 Å². The highest BCUT2D eigenvalue weighted by atomic mass is 79.9. The summed E-state index contributed by atoms with van der Waals surface area (Å²) in [6, 6.07) is 4.13. The van der Waals surface area contributed by atoms with Gasteiger partial charge < -0.3 is 15.2 Å². The van der Waals surface area contributed by atoms with E-state index in [1.54, 1.807) is 14.2 Å². The Kier molecular flexibility index (Phi) is 5.11. The van der Waals surface area contributed by atoms with Crippen LogP contribution in [0.15, 0.2) is 16.6 Å². The largest absolute Gasteiger partial charge is 0.495 e. The molecule has 4 heteroatoms. The molecular weight excluding hydrogens is 306 g/mol. The zero-order valence-electron chi connectivity index (χ0n) is 11.6. The first kappa shape index (κ1) is 14.7. The summed E-state index contributed by atoms with van der Waals surface area (Å²) in [4.78, 5) is 0. The van der Waals surface area contributed by atoms with Crippen LogP contribution in [0.1, 0.15) is 37.2 Å². The molecule has 1 saturated carbocycles. The number of rotatable bonds is 4. The first-order valence-corrected chi connectivity index (χ1v) is 7.62.